The van der Waals surface area contributed by atoms with Gasteiger partial charge in [0, 0.05) is 15.3 Å². The third-order valence-corrected chi connectivity index (χ3v) is 8.27. The number of carboxylic acids is 1. The maximum atomic E-state index is 13.2. The van der Waals surface area contributed by atoms with E-state index < -0.39 is 12.0 Å². The molecule has 1 amide bonds. The molecule has 0 spiro atoms. The van der Waals surface area contributed by atoms with Crippen LogP contribution in [0.15, 0.2) is 54.6 Å². The molecule has 40 heavy (non-hydrogen) atoms. The fraction of sp³-hybridized carbons (Fsp3) is 0.438. The Morgan fingerprint density at radius 1 is 0.950 bits per heavy atom. The summed E-state index contributed by atoms with van der Waals surface area (Å²) in [5, 5.41) is 12.2. The number of thiophene rings is 1. The van der Waals surface area contributed by atoms with Crippen molar-refractivity contribution in [3.05, 3.63) is 81.0 Å². The molecule has 0 saturated carbocycles. The zero-order valence-electron chi connectivity index (χ0n) is 24.9. The van der Waals surface area contributed by atoms with Gasteiger partial charge in [-0.1, -0.05) is 58.0 Å². The van der Waals surface area contributed by atoms with Gasteiger partial charge in [-0.3, -0.25) is 4.79 Å². The first kappa shape index (κ1) is 35.8. The Morgan fingerprint density at radius 2 is 1.62 bits per heavy atom. The van der Waals surface area contributed by atoms with Crippen LogP contribution in [0.4, 0.5) is 0 Å². The molecule has 1 unspecified atom stereocenters. The lowest BCUT2D eigenvalue weighted by molar-refractivity contribution is -0.139. The third-order valence-electron chi connectivity index (χ3n) is 5.85. The highest BCUT2D eigenvalue weighted by Gasteiger charge is 2.22. The first-order valence-corrected chi connectivity index (χ1v) is 17.3. The number of hydrogen-bond donors (Lipinski definition) is 2. The molecule has 2 aromatic carbocycles. The van der Waals surface area contributed by atoms with Crippen LogP contribution < -0.4 is 5.32 Å². The highest BCUT2D eigenvalue weighted by atomic mass is 32.2. The number of aliphatic carboxylic acids is 1. The van der Waals surface area contributed by atoms with E-state index in [1.807, 2.05) is 75.2 Å². The van der Waals surface area contributed by atoms with Gasteiger partial charge in [-0.25, -0.2) is 4.79 Å². The molecule has 0 aliphatic carbocycles. The molecule has 0 radical (unpaired) electrons. The fourth-order valence-corrected chi connectivity index (χ4v) is 5.03. The molecule has 0 fully saturated rings. The summed E-state index contributed by atoms with van der Waals surface area (Å²) in [7, 11) is 0. The minimum Gasteiger partial charge on any atom is -0.480 e. The highest BCUT2D eigenvalue weighted by Crippen LogP contribution is 2.29. The molecule has 1 atom stereocenters. The lowest BCUT2D eigenvalue weighted by atomic mass is 9.93. The van der Waals surface area contributed by atoms with Gasteiger partial charge in [0.2, 0.25) is 0 Å². The molecular formula is C32H45NO4S3. The second-order valence-electron chi connectivity index (χ2n) is 8.63. The van der Waals surface area contributed by atoms with E-state index in [4.69, 9.17) is 4.74 Å². The quantitative estimate of drug-likeness (QED) is 0.205. The van der Waals surface area contributed by atoms with Crippen molar-refractivity contribution in [1.82, 2.24) is 5.32 Å². The van der Waals surface area contributed by atoms with Crippen molar-refractivity contribution in [3.63, 3.8) is 0 Å². The van der Waals surface area contributed by atoms with Crippen LogP contribution in [0.25, 0.3) is 11.1 Å². The SMILES string of the molecule is CC.CCSC.CCc1ccc(COCc2ccc(C(=O)NC(CCSC)C(=O)O)c(-c3ccccc3C)c2)s1. The maximum Gasteiger partial charge on any atom is 0.326 e. The molecule has 2 N–H and O–H groups in total. The molecule has 0 aliphatic rings. The van der Waals surface area contributed by atoms with E-state index in [1.165, 1.54) is 15.5 Å². The summed E-state index contributed by atoms with van der Waals surface area (Å²) in [4.78, 5) is 27.3. The third kappa shape index (κ3) is 12.1. The summed E-state index contributed by atoms with van der Waals surface area (Å²) in [6.45, 7) is 11.3. The van der Waals surface area contributed by atoms with Gasteiger partial charge in [-0.2, -0.15) is 23.5 Å². The van der Waals surface area contributed by atoms with Crippen LogP contribution in [0.1, 0.15) is 65.4 Å². The first-order chi connectivity index (χ1) is 19.3. The first-order valence-electron chi connectivity index (χ1n) is 13.7. The topological polar surface area (TPSA) is 75.6 Å². The standard InChI is InChI=1S/C27H31NO4S2.C3H8S.C2H6/c1-4-20-10-11-21(34-20)17-32-16-19-9-12-23(24(15-19)22-8-6-5-7-18(22)2)26(29)28-25(27(30)31)13-14-33-3;1-3-4-2;1-2/h5-12,15,25H,4,13-14,16-17H2,1-3H3,(H,28,29)(H,30,31);3H2,1-2H3;1-2H3. The van der Waals surface area contributed by atoms with E-state index in [9.17, 15) is 14.7 Å². The molecular weight excluding hydrogens is 559 g/mol. The number of hydrogen-bond acceptors (Lipinski definition) is 6. The predicted molar refractivity (Wildman–Crippen MR) is 176 cm³/mol. The largest absolute Gasteiger partial charge is 0.480 e. The number of amides is 1. The number of carboxylic acid groups (broad SMARTS) is 1. The molecule has 0 saturated heterocycles. The molecule has 0 bridgehead atoms. The van der Waals surface area contributed by atoms with E-state index in [1.54, 1.807) is 29.2 Å². The summed E-state index contributed by atoms with van der Waals surface area (Å²) in [6.07, 6.45) is 5.41. The normalized spacial score (nSPS) is 11.0. The van der Waals surface area contributed by atoms with Crippen LogP contribution in [0.2, 0.25) is 0 Å². The lowest BCUT2D eigenvalue weighted by Gasteiger charge is -2.17. The summed E-state index contributed by atoms with van der Waals surface area (Å²) in [5.74, 6) is 0.483. The number of carbonyl (C=O) groups is 2. The van der Waals surface area contributed by atoms with Crippen molar-refractivity contribution in [2.75, 3.05) is 24.0 Å². The molecule has 220 valence electrons. The number of rotatable bonds is 13. The van der Waals surface area contributed by atoms with Gasteiger partial charge in [0.05, 0.1) is 13.2 Å². The van der Waals surface area contributed by atoms with Crippen molar-refractivity contribution < 1.29 is 19.4 Å². The lowest BCUT2D eigenvalue weighted by Crippen LogP contribution is -2.41. The smallest absolute Gasteiger partial charge is 0.326 e. The Balaban J connectivity index is 0.00000122. The second kappa shape index (κ2) is 20.6. The Bertz CT molecular complexity index is 1160. The molecule has 3 aromatic rings. The fourth-order valence-electron chi connectivity index (χ4n) is 3.67. The minimum absolute atomic E-state index is 0.371. The summed E-state index contributed by atoms with van der Waals surface area (Å²) in [5.41, 5.74) is 4.17. The summed E-state index contributed by atoms with van der Waals surface area (Å²) >= 11 is 5.17. The average Bonchev–Trinajstić information content (AvgIpc) is 3.44. The molecule has 1 heterocycles. The van der Waals surface area contributed by atoms with Gasteiger partial charge in [-0.15, -0.1) is 11.3 Å². The molecule has 8 heteroatoms. The van der Waals surface area contributed by atoms with Gasteiger partial charge in [0.15, 0.2) is 0 Å². The zero-order valence-corrected chi connectivity index (χ0v) is 27.4. The van der Waals surface area contributed by atoms with E-state index in [-0.39, 0.29) is 5.91 Å². The Kier molecular flexibility index (Phi) is 18.4. The van der Waals surface area contributed by atoms with E-state index in [2.05, 4.69) is 37.6 Å². The number of thioether (sulfide) groups is 2. The van der Waals surface area contributed by atoms with Crippen LogP contribution in [0, 0.1) is 6.92 Å². The van der Waals surface area contributed by atoms with Gasteiger partial charge < -0.3 is 15.2 Å². The van der Waals surface area contributed by atoms with E-state index >= 15 is 0 Å². The van der Waals surface area contributed by atoms with Crippen molar-refractivity contribution >= 4 is 46.7 Å². The van der Waals surface area contributed by atoms with Crippen molar-refractivity contribution in [3.8, 4) is 11.1 Å². The van der Waals surface area contributed by atoms with Crippen molar-refractivity contribution in [2.24, 2.45) is 0 Å². The molecule has 0 aliphatic heterocycles. The van der Waals surface area contributed by atoms with E-state index in [0.717, 1.165) is 28.7 Å². The Morgan fingerprint density at radius 3 is 2.20 bits per heavy atom. The van der Waals surface area contributed by atoms with Gasteiger partial charge in [-0.05, 0) is 90.3 Å². The summed E-state index contributed by atoms with van der Waals surface area (Å²) in [6, 6.07) is 16.8. The number of ether oxygens (including phenoxy) is 1. The number of benzene rings is 2. The summed E-state index contributed by atoms with van der Waals surface area (Å²) < 4.78 is 5.96. The predicted octanol–water partition coefficient (Wildman–Crippen LogP) is 8.33. The highest BCUT2D eigenvalue weighted by molar-refractivity contribution is 7.98. The second-order valence-corrected chi connectivity index (χ2v) is 12.0. The molecule has 5 nitrogen and oxygen atoms in total. The average molecular weight is 604 g/mol. The van der Waals surface area contributed by atoms with Crippen LogP contribution in [0.5, 0.6) is 0 Å². The van der Waals surface area contributed by atoms with Crippen LogP contribution in [0.3, 0.4) is 0 Å². The van der Waals surface area contributed by atoms with Crippen LogP contribution in [-0.4, -0.2) is 47.0 Å². The van der Waals surface area contributed by atoms with Crippen LogP contribution >= 0.6 is 34.9 Å². The molecule has 1 aromatic heterocycles. The number of nitrogens with one attached hydrogen (secondary N) is 1. The number of carbonyl (C=O) groups excluding carboxylic acids is 1. The van der Waals surface area contributed by atoms with Gasteiger partial charge >= 0.3 is 5.97 Å². The van der Waals surface area contributed by atoms with Crippen LogP contribution in [-0.2, 0) is 29.2 Å². The minimum atomic E-state index is -1.02. The van der Waals surface area contributed by atoms with Crippen molar-refractivity contribution in [2.45, 2.75) is 66.7 Å². The zero-order chi connectivity index (χ0) is 29.9. The number of aryl methyl sites for hydroxylation is 2. The Labute approximate surface area is 253 Å². The maximum absolute atomic E-state index is 13.2. The van der Waals surface area contributed by atoms with Crippen molar-refractivity contribution in [1.29, 1.82) is 0 Å². The monoisotopic (exact) mass is 603 g/mol. The van der Waals surface area contributed by atoms with E-state index in [0.29, 0.717) is 31.0 Å². The van der Waals surface area contributed by atoms with Gasteiger partial charge in [0.25, 0.3) is 5.91 Å². The van der Waals surface area contributed by atoms with Gasteiger partial charge in [0.1, 0.15) is 6.04 Å². The molecule has 3 rings (SSSR count). The Hall–Kier alpha value is -2.26.